The van der Waals surface area contributed by atoms with Crippen LogP contribution >= 0.6 is 0 Å². The van der Waals surface area contributed by atoms with Gasteiger partial charge in [-0.05, 0) is 49.6 Å². The predicted molar refractivity (Wildman–Crippen MR) is 82.7 cm³/mol. The SMILES string of the molecule is CCN(C1CCCC1CN)S(=O)(=O)c1ccc(OC)cc1. The van der Waals surface area contributed by atoms with Crippen LogP contribution in [0.3, 0.4) is 0 Å². The van der Waals surface area contributed by atoms with Gasteiger partial charge in [-0.25, -0.2) is 8.42 Å². The summed E-state index contributed by atoms with van der Waals surface area (Å²) in [4.78, 5) is 0.313. The molecule has 0 amide bonds. The lowest BCUT2D eigenvalue weighted by Gasteiger charge is -2.30. The second-order valence-electron chi connectivity index (χ2n) is 5.38. The number of nitrogens with zero attached hydrogens (tertiary/aromatic N) is 1. The molecule has 0 aromatic heterocycles. The molecule has 0 bridgehead atoms. The molecule has 0 spiro atoms. The minimum atomic E-state index is -3.48. The van der Waals surface area contributed by atoms with E-state index >= 15 is 0 Å². The summed E-state index contributed by atoms with van der Waals surface area (Å²) in [6.45, 7) is 2.89. The monoisotopic (exact) mass is 312 g/mol. The maximum Gasteiger partial charge on any atom is 0.243 e. The highest BCUT2D eigenvalue weighted by Gasteiger charge is 2.37. The smallest absolute Gasteiger partial charge is 0.243 e. The highest BCUT2D eigenvalue weighted by atomic mass is 32.2. The maximum absolute atomic E-state index is 12.9. The Bertz CT molecular complexity index is 557. The Morgan fingerprint density at radius 1 is 1.29 bits per heavy atom. The summed E-state index contributed by atoms with van der Waals surface area (Å²) in [6.07, 6.45) is 2.95. The van der Waals surface area contributed by atoms with Gasteiger partial charge in [0.15, 0.2) is 0 Å². The molecule has 0 heterocycles. The van der Waals surface area contributed by atoms with E-state index in [2.05, 4.69) is 0 Å². The van der Waals surface area contributed by atoms with Crippen molar-refractivity contribution in [2.75, 3.05) is 20.2 Å². The Morgan fingerprint density at radius 2 is 1.95 bits per heavy atom. The van der Waals surface area contributed by atoms with Crippen molar-refractivity contribution in [1.82, 2.24) is 4.31 Å². The van der Waals surface area contributed by atoms with E-state index in [0.717, 1.165) is 19.3 Å². The summed E-state index contributed by atoms with van der Waals surface area (Å²) in [5, 5.41) is 0. The molecule has 6 heteroatoms. The van der Waals surface area contributed by atoms with Gasteiger partial charge in [-0.1, -0.05) is 13.3 Å². The summed E-state index contributed by atoms with van der Waals surface area (Å²) >= 11 is 0. The first kappa shape index (κ1) is 16.3. The summed E-state index contributed by atoms with van der Waals surface area (Å²) in [5.41, 5.74) is 5.80. The first-order valence-electron chi connectivity index (χ1n) is 7.40. The first-order valence-corrected chi connectivity index (χ1v) is 8.84. The third-order valence-corrected chi connectivity index (χ3v) is 6.28. The molecule has 2 N–H and O–H groups in total. The van der Waals surface area contributed by atoms with Crippen molar-refractivity contribution < 1.29 is 13.2 Å². The molecule has 0 saturated heterocycles. The molecular formula is C15H24N2O3S. The van der Waals surface area contributed by atoms with Crippen LogP contribution < -0.4 is 10.5 Å². The standard InChI is InChI=1S/C15H24N2O3S/c1-3-17(15-6-4-5-12(15)11-16)21(18,19)14-9-7-13(20-2)8-10-14/h7-10,12,15H,3-6,11,16H2,1-2H3. The fraction of sp³-hybridized carbons (Fsp3) is 0.600. The summed E-state index contributed by atoms with van der Waals surface area (Å²) in [7, 11) is -1.92. The second-order valence-corrected chi connectivity index (χ2v) is 7.27. The van der Waals surface area contributed by atoms with Crippen LogP contribution in [-0.4, -0.2) is 39.0 Å². The van der Waals surface area contributed by atoms with Gasteiger partial charge >= 0.3 is 0 Å². The second kappa shape index (κ2) is 6.77. The maximum atomic E-state index is 12.9. The van der Waals surface area contributed by atoms with Gasteiger partial charge in [0.1, 0.15) is 5.75 Å². The molecule has 0 radical (unpaired) electrons. The Balaban J connectivity index is 2.30. The van der Waals surface area contributed by atoms with Gasteiger partial charge in [0.25, 0.3) is 0 Å². The summed E-state index contributed by atoms with van der Waals surface area (Å²) < 4.78 is 32.4. The topological polar surface area (TPSA) is 72.6 Å². The Labute approximate surface area is 127 Å². The van der Waals surface area contributed by atoms with E-state index in [0.29, 0.717) is 23.7 Å². The van der Waals surface area contributed by atoms with Gasteiger partial charge in [-0.2, -0.15) is 4.31 Å². The van der Waals surface area contributed by atoms with E-state index in [4.69, 9.17) is 10.5 Å². The molecule has 1 fully saturated rings. The molecule has 1 aromatic rings. The molecule has 2 rings (SSSR count). The number of methoxy groups -OCH3 is 1. The lowest BCUT2D eigenvalue weighted by molar-refractivity contribution is 0.276. The van der Waals surface area contributed by atoms with E-state index < -0.39 is 10.0 Å². The van der Waals surface area contributed by atoms with Crippen LogP contribution in [0.2, 0.25) is 0 Å². The van der Waals surface area contributed by atoms with Gasteiger partial charge in [-0.3, -0.25) is 0 Å². The Morgan fingerprint density at radius 3 is 2.48 bits per heavy atom. The number of hydrogen-bond donors (Lipinski definition) is 1. The average Bonchev–Trinajstić information content (AvgIpc) is 2.96. The van der Waals surface area contributed by atoms with Gasteiger partial charge in [0, 0.05) is 12.6 Å². The summed E-state index contributed by atoms with van der Waals surface area (Å²) in [5.74, 6) is 0.913. The van der Waals surface area contributed by atoms with Crippen LogP contribution in [-0.2, 0) is 10.0 Å². The van der Waals surface area contributed by atoms with Crippen molar-refractivity contribution >= 4 is 10.0 Å². The molecule has 2 unspecified atom stereocenters. The van der Waals surface area contributed by atoms with Crippen molar-refractivity contribution in [2.24, 2.45) is 11.7 Å². The molecule has 1 saturated carbocycles. The molecule has 21 heavy (non-hydrogen) atoms. The molecule has 2 atom stereocenters. The van der Waals surface area contributed by atoms with Crippen molar-refractivity contribution in [3.63, 3.8) is 0 Å². The molecule has 118 valence electrons. The van der Waals surface area contributed by atoms with Crippen molar-refractivity contribution in [3.05, 3.63) is 24.3 Å². The fourth-order valence-electron chi connectivity index (χ4n) is 3.14. The highest BCUT2D eigenvalue weighted by molar-refractivity contribution is 7.89. The van der Waals surface area contributed by atoms with E-state index in [9.17, 15) is 8.42 Å². The van der Waals surface area contributed by atoms with Gasteiger partial charge in [0.2, 0.25) is 10.0 Å². The number of nitrogens with two attached hydrogens (primary N) is 1. The van der Waals surface area contributed by atoms with Gasteiger partial charge in [-0.15, -0.1) is 0 Å². The third kappa shape index (κ3) is 3.22. The zero-order valence-electron chi connectivity index (χ0n) is 12.7. The van der Waals surface area contributed by atoms with Crippen molar-refractivity contribution in [1.29, 1.82) is 0 Å². The average molecular weight is 312 g/mol. The van der Waals surface area contributed by atoms with Gasteiger partial charge in [0.05, 0.1) is 12.0 Å². The normalized spacial score (nSPS) is 22.7. The minimum absolute atomic E-state index is 0.0205. The Hall–Kier alpha value is -1.11. The van der Waals surface area contributed by atoms with Gasteiger partial charge < -0.3 is 10.5 Å². The zero-order chi connectivity index (χ0) is 15.5. The van der Waals surface area contributed by atoms with Crippen molar-refractivity contribution in [3.8, 4) is 5.75 Å². The van der Waals surface area contributed by atoms with Crippen LogP contribution in [0.1, 0.15) is 26.2 Å². The summed E-state index contributed by atoms with van der Waals surface area (Å²) in [6, 6.07) is 6.57. The van der Waals surface area contributed by atoms with E-state index in [1.54, 1.807) is 35.7 Å². The van der Waals surface area contributed by atoms with E-state index in [-0.39, 0.29) is 12.0 Å². The zero-order valence-corrected chi connectivity index (χ0v) is 13.5. The lowest BCUT2D eigenvalue weighted by Crippen LogP contribution is -2.43. The molecule has 5 nitrogen and oxygen atoms in total. The largest absolute Gasteiger partial charge is 0.497 e. The van der Waals surface area contributed by atoms with E-state index in [1.807, 2.05) is 6.92 Å². The van der Waals surface area contributed by atoms with Crippen LogP contribution in [0.4, 0.5) is 0 Å². The van der Waals surface area contributed by atoms with E-state index in [1.165, 1.54) is 0 Å². The third-order valence-electron chi connectivity index (χ3n) is 4.27. The minimum Gasteiger partial charge on any atom is -0.497 e. The molecule has 1 aliphatic carbocycles. The highest BCUT2D eigenvalue weighted by Crippen LogP contribution is 2.33. The number of rotatable bonds is 6. The molecular weight excluding hydrogens is 288 g/mol. The van der Waals surface area contributed by atoms with Crippen LogP contribution in [0.25, 0.3) is 0 Å². The quantitative estimate of drug-likeness (QED) is 0.870. The Kier molecular flexibility index (Phi) is 5.24. The predicted octanol–water partition coefficient (Wildman–Crippen LogP) is 1.83. The van der Waals surface area contributed by atoms with Crippen LogP contribution in [0, 0.1) is 5.92 Å². The number of sulfonamides is 1. The van der Waals surface area contributed by atoms with Crippen LogP contribution in [0.15, 0.2) is 29.2 Å². The molecule has 0 aliphatic heterocycles. The molecule has 1 aliphatic rings. The van der Waals surface area contributed by atoms with Crippen LogP contribution in [0.5, 0.6) is 5.75 Å². The number of benzene rings is 1. The lowest BCUT2D eigenvalue weighted by atomic mass is 10.0. The first-order chi connectivity index (χ1) is 10.0. The van der Waals surface area contributed by atoms with Crippen molar-refractivity contribution in [2.45, 2.75) is 37.1 Å². The number of ether oxygens (including phenoxy) is 1. The fourth-order valence-corrected chi connectivity index (χ4v) is 4.86. The number of hydrogen-bond acceptors (Lipinski definition) is 4. The molecule has 1 aromatic carbocycles.